The van der Waals surface area contributed by atoms with Crippen molar-refractivity contribution in [3.63, 3.8) is 0 Å². The molecular formula is C13H19NO6S. The average Bonchev–Trinajstić information content (AvgIpc) is 2.42. The van der Waals surface area contributed by atoms with Crippen molar-refractivity contribution in [2.75, 3.05) is 13.2 Å². The zero-order valence-corrected chi connectivity index (χ0v) is 12.2. The fourth-order valence-electron chi connectivity index (χ4n) is 2.34. The molecular weight excluding hydrogens is 298 g/mol. The van der Waals surface area contributed by atoms with Crippen LogP contribution in [0.4, 0.5) is 0 Å². The van der Waals surface area contributed by atoms with Gasteiger partial charge in [0.1, 0.15) is 12.6 Å². The molecule has 7 nitrogen and oxygen atoms in total. The Hall–Kier alpha value is -1.03. The highest BCUT2D eigenvalue weighted by Gasteiger charge is 2.34. The summed E-state index contributed by atoms with van der Waals surface area (Å²) in [7, 11) is -4.79. The van der Waals surface area contributed by atoms with Gasteiger partial charge in [0, 0.05) is 6.42 Å². The van der Waals surface area contributed by atoms with Crippen LogP contribution in [0.5, 0.6) is 0 Å². The Kier molecular flexibility index (Phi) is 5.68. The minimum absolute atomic E-state index is 0.0120. The summed E-state index contributed by atoms with van der Waals surface area (Å²) in [4.78, 5) is 0. The number of piperidine rings is 1. The van der Waals surface area contributed by atoms with Gasteiger partial charge in [-0.3, -0.25) is 4.18 Å². The normalized spacial score (nSPS) is 26.7. The Morgan fingerprint density at radius 2 is 2.05 bits per heavy atom. The van der Waals surface area contributed by atoms with Crippen LogP contribution in [0, 0.1) is 0 Å². The van der Waals surface area contributed by atoms with Crippen LogP contribution in [0.25, 0.3) is 0 Å². The first-order chi connectivity index (χ1) is 9.94. The fourth-order valence-corrected chi connectivity index (χ4v) is 2.84. The molecule has 1 heterocycles. The molecule has 118 valence electrons. The molecule has 0 aliphatic carbocycles. The molecule has 8 heteroatoms. The second-order valence-electron chi connectivity index (χ2n) is 5.08. The second-order valence-corrected chi connectivity index (χ2v) is 6.09. The van der Waals surface area contributed by atoms with Gasteiger partial charge < -0.3 is 19.7 Å². The van der Waals surface area contributed by atoms with E-state index in [1.807, 2.05) is 35.6 Å². The lowest BCUT2D eigenvalue weighted by Gasteiger charge is -2.31. The Bertz CT molecular complexity index is 535. The molecule has 0 bridgehead atoms. The SMILES string of the molecule is O=S(=O)([O-])O[C@H]1C[NH2+][C@H](COCc2ccccc2)C[C@@H]1O. The fraction of sp³-hybridized carbons (Fsp3) is 0.538. The molecule has 1 aliphatic rings. The molecule has 0 spiro atoms. The van der Waals surface area contributed by atoms with Gasteiger partial charge in [-0.05, 0) is 5.56 Å². The molecule has 1 aliphatic heterocycles. The summed E-state index contributed by atoms with van der Waals surface area (Å²) >= 11 is 0. The maximum absolute atomic E-state index is 10.5. The van der Waals surface area contributed by atoms with Gasteiger partial charge in [0.25, 0.3) is 0 Å². The number of rotatable bonds is 6. The number of hydrogen-bond donors (Lipinski definition) is 2. The molecule has 0 amide bonds. The third-order valence-corrected chi connectivity index (χ3v) is 3.84. The van der Waals surface area contributed by atoms with Gasteiger partial charge in [-0.15, -0.1) is 0 Å². The van der Waals surface area contributed by atoms with Crippen molar-refractivity contribution >= 4 is 10.4 Å². The summed E-state index contributed by atoms with van der Waals surface area (Å²) in [5, 5.41) is 11.6. The average molecular weight is 317 g/mol. The van der Waals surface area contributed by atoms with Crippen molar-refractivity contribution in [2.24, 2.45) is 0 Å². The van der Waals surface area contributed by atoms with Crippen molar-refractivity contribution in [2.45, 2.75) is 31.3 Å². The summed E-state index contributed by atoms with van der Waals surface area (Å²) in [6, 6.07) is 9.73. The molecule has 0 aromatic heterocycles. The number of aliphatic hydroxyl groups excluding tert-OH is 1. The van der Waals surface area contributed by atoms with Crippen molar-refractivity contribution in [3.05, 3.63) is 35.9 Å². The van der Waals surface area contributed by atoms with Gasteiger partial charge in [-0.1, -0.05) is 30.3 Å². The molecule has 1 saturated heterocycles. The molecule has 3 atom stereocenters. The van der Waals surface area contributed by atoms with Crippen molar-refractivity contribution in [3.8, 4) is 0 Å². The van der Waals surface area contributed by atoms with Crippen LogP contribution < -0.4 is 5.32 Å². The molecule has 1 aromatic rings. The Morgan fingerprint density at radius 3 is 2.67 bits per heavy atom. The molecule has 2 rings (SSSR count). The van der Waals surface area contributed by atoms with E-state index in [0.29, 0.717) is 19.6 Å². The van der Waals surface area contributed by atoms with E-state index in [2.05, 4.69) is 4.18 Å². The third kappa shape index (κ3) is 5.70. The van der Waals surface area contributed by atoms with Crippen molar-refractivity contribution < 1.29 is 32.3 Å². The zero-order chi connectivity index (χ0) is 15.3. The van der Waals surface area contributed by atoms with Crippen LogP contribution in [-0.2, 0) is 25.9 Å². The van der Waals surface area contributed by atoms with E-state index in [4.69, 9.17) is 4.74 Å². The van der Waals surface area contributed by atoms with Gasteiger partial charge in [0.15, 0.2) is 6.10 Å². The molecule has 1 fully saturated rings. The Morgan fingerprint density at radius 1 is 1.33 bits per heavy atom. The first-order valence-electron chi connectivity index (χ1n) is 6.71. The van der Waals surface area contributed by atoms with Gasteiger partial charge in [-0.25, -0.2) is 8.42 Å². The lowest BCUT2D eigenvalue weighted by atomic mass is 10.0. The van der Waals surface area contributed by atoms with Crippen LogP contribution in [0.2, 0.25) is 0 Å². The smallest absolute Gasteiger partial charge is 0.218 e. The van der Waals surface area contributed by atoms with E-state index in [0.717, 1.165) is 5.56 Å². The number of hydrogen-bond acceptors (Lipinski definition) is 6. The van der Waals surface area contributed by atoms with Crippen LogP contribution in [-0.4, -0.2) is 49.5 Å². The van der Waals surface area contributed by atoms with Crippen LogP contribution in [0.3, 0.4) is 0 Å². The zero-order valence-electron chi connectivity index (χ0n) is 11.4. The van der Waals surface area contributed by atoms with E-state index in [-0.39, 0.29) is 12.6 Å². The number of nitrogens with two attached hydrogens (primary N) is 1. The highest BCUT2D eigenvalue weighted by atomic mass is 32.3. The van der Waals surface area contributed by atoms with Crippen molar-refractivity contribution in [1.82, 2.24) is 0 Å². The third-order valence-electron chi connectivity index (χ3n) is 3.36. The molecule has 3 N–H and O–H groups in total. The van der Waals surface area contributed by atoms with Crippen LogP contribution in [0.15, 0.2) is 30.3 Å². The highest BCUT2D eigenvalue weighted by molar-refractivity contribution is 7.80. The van der Waals surface area contributed by atoms with Crippen LogP contribution in [0.1, 0.15) is 12.0 Å². The quantitative estimate of drug-likeness (QED) is 0.500. The monoisotopic (exact) mass is 317 g/mol. The number of quaternary nitrogens is 1. The van der Waals surface area contributed by atoms with Crippen molar-refractivity contribution in [1.29, 1.82) is 0 Å². The maximum Gasteiger partial charge on any atom is 0.218 e. The predicted molar refractivity (Wildman–Crippen MR) is 71.9 cm³/mol. The molecule has 0 radical (unpaired) electrons. The second kappa shape index (κ2) is 7.30. The first-order valence-corrected chi connectivity index (χ1v) is 8.04. The summed E-state index contributed by atoms with van der Waals surface area (Å²) < 4.78 is 41.5. The number of ether oxygens (including phenoxy) is 1. The van der Waals surface area contributed by atoms with E-state index in [1.165, 1.54) is 0 Å². The summed E-state index contributed by atoms with van der Waals surface area (Å²) in [5.41, 5.74) is 1.06. The Labute approximate surface area is 123 Å². The van der Waals surface area contributed by atoms with E-state index in [9.17, 15) is 18.1 Å². The molecule has 0 unspecified atom stereocenters. The largest absolute Gasteiger partial charge is 0.726 e. The minimum Gasteiger partial charge on any atom is -0.726 e. The maximum atomic E-state index is 10.5. The van der Waals surface area contributed by atoms with Gasteiger partial charge >= 0.3 is 0 Å². The van der Waals surface area contributed by atoms with E-state index < -0.39 is 22.6 Å². The number of benzene rings is 1. The Balaban J connectivity index is 1.73. The van der Waals surface area contributed by atoms with Gasteiger partial charge in [0.05, 0.1) is 19.3 Å². The minimum atomic E-state index is -4.79. The van der Waals surface area contributed by atoms with Gasteiger partial charge in [0.2, 0.25) is 10.4 Å². The van der Waals surface area contributed by atoms with Crippen LogP contribution >= 0.6 is 0 Å². The lowest BCUT2D eigenvalue weighted by Crippen LogP contribution is -2.96. The standard InChI is InChI=1S/C13H19NO6S/c15-12-6-11(14-7-13(12)20-21(16,17)18)9-19-8-10-4-2-1-3-5-10/h1-5,11-15H,6-9H2,(H,16,17,18)/t11-,12-,13-/m0/s1. The molecule has 21 heavy (non-hydrogen) atoms. The molecule has 0 saturated carbocycles. The van der Waals surface area contributed by atoms with E-state index >= 15 is 0 Å². The lowest BCUT2D eigenvalue weighted by molar-refractivity contribution is -0.708. The van der Waals surface area contributed by atoms with E-state index in [1.54, 1.807) is 0 Å². The number of aliphatic hydroxyl groups is 1. The summed E-state index contributed by atoms with van der Waals surface area (Å²) in [6.07, 6.45) is -1.66. The summed E-state index contributed by atoms with van der Waals surface area (Å²) in [6.45, 7) is 1.13. The topological polar surface area (TPSA) is 113 Å². The molecule has 1 aromatic carbocycles. The first kappa shape index (κ1) is 16.3. The highest BCUT2D eigenvalue weighted by Crippen LogP contribution is 2.11. The predicted octanol–water partition coefficient (Wildman–Crippen LogP) is -1.25. The summed E-state index contributed by atoms with van der Waals surface area (Å²) in [5.74, 6) is 0. The van der Waals surface area contributed by atoms with Gasteiger partial charge in [-0.2, -0.15) is 0 Å².